The first kappa shape index (κ1) is 16.8. The number of hydrogen-bond donors (Lipinski definition) is 2. The summed E-state index contributed by atoms with van der Waals surface area (Å²) in [7, 11) is 1.73. The molecule has 0 aliphatic heterocycles. The Labute approximate surface area is 122 Å². The summed E-state index contributed by atoms with van der Waals surface area (Å²) in [4.78, 5) is 11.7. The minimum Gasteiger partial charge on any atom is -0.405 e. The monoisotopic (exact) mass is 354 g/mol. The largest absolute Gasteiger partial charge is 0.573 e. The molecule has 4 nitrogen and oxygen atoms in total. The lowest BCUT2D eigenvalue weighted by atomic mass is 10.1. The Morgan fingerprint density at radius 1 is 1.45 bits per heavy atom. The molecule has 1 aromatic carbocycles. The molecule has 1 amide bonds. The van der Waals surface area contributed by atoms with Crippen molar-refractivity contribution in [2.24, 2.45) is 5.92 Å². The van der Waals surface area contributed by atoms with E-state index in [0.717, 1.165) is 6.07 Å². The van der Waals surface area contributed by atoms with E-state index in [2.05, 4.69) is 31.3 Å². The number of alkyl halides is 3. The Hall–Kier alpha value is -1.28. The van der Waals surface area contributed by atoms with Crippen molar-refractivity contribution in [1.82, 2.24) is 5.32 Å². The van der Waals surface area contributed by atoms with E-state index in [-0.39, 0.29) is 22.0 Å². The molecule has 0 spiro atoms. The van der Waals surface area contributed by atoms with Crippen LogP contribution in [0.25, 0.3) is 0 Å². The van der Waals surface area contributed by atoms with E-state index < -0.39 is 6.36 Å². The van der Waals surface area contributed by atoms with Crippen LogP contribution in [-0.4, -0.2) is 25.9 Å². The van der Waals surface area contributed by atoms with E-state index in [1.54, 1.807) is 14.0 Å². The van der Waals surface area contributed by atoms with Gasteiger partial charge in [-0.2, -0.15) is 0 Å². The quantitative estimate of drug-likeness (QED) is 0.853. The average molecular weight is 355 g/mol. The number of halogens is 4. The number of nitrogens with one attached hydrogen (secondary N) is 2. The summed E-state index contributed by atoms with van der Waals surface area (Å²) >= 11 is 2.97. The molecule has 0 aliphatic rings. The summed E-state index contributed by atoms with van der Waals surface area (Å²) in [5.74, 6) is -0.848. The Balaban J connectivity index is 2.75. The third-order valence-electron chi connectivity index (χ3n) is 2.38. The molecule has 0 aliphatic carbocycles. The zero-order valence-electron chi connectivity index (χ0n) is 10.8. The van der Waals surface area contributed by atoms with Crippen LogP contribution in [0.1, 0.15) is 6.92 Å². The van der Waals surface area contributed by atoms with Gasteiger partial charge in [0.2, 0.25) is 5.91 Å². The number of benzene rings is 1. The average Bonchev–Trinajstić information content (AvgIpc) is 2.31. The van der Waals surface area contributed by atoms with Gasteiger partial charge in [0.15, 0.2) is 0 Å². The lowest BCUT2D eigenvalue weighted by Crippen LogP contribution is -2.28. The van der Waals surface area contributed by atoms with Crippen molar-refractivity contribution in [2.75, 3.05) is 18.9 Å². The fraction of sp³-hybridized carbons (Fsp3) is 0.417. The van der Waals surface area contributed by atoms with Crippen LogP contribution in [0, 0.1) is 5.92 Å². The molecule has 0 radical (unpaired) electrons. The second-order valence-electron chi connectivity index (χ2n) is 4.14. The van der Waals surface area contributed by atoms with Gasteiger partial charge in [-0.05, 0) is 41.2 Å². The molecule has 0 bridgehead atoms. The van der Waals surface area contributed by atoms with E-state index in [1.807, 2.05) is 0 Å². The maximum Gasteiger partial charge on any atom is 0.573 e. The smallest absolute Gasteiger partial charge is 0.405 e. The summed E-state index contributed by atoms with van der Waals surface area (Å²) in [6.45, 7) is 2.24. The predicted octanol–water partition coefficient (Wildman–Crippen LogP) is 3.14. The van der Waals surface area contributed by atoms with Gasteiger partial charge in [0.1, 0.15) is 5.75 Å². The van der Waals surface area contributed by atoms with E-state index in [4.69, 9.17) is 0 Å². The topological polar surface area (TPSA) is 50.4 Å². The summed E-state index contributed by atoms with van der Waals surface area (Å²) < 4.78 is 40.2. The van der Waals surface area contributed by atoms with Crippen molar-refractivity contribution in [2.45, 2.75) is 13.3 Å². The van der Waals surface area contributed by atoms with Crippen molar-refractivity contribution in [3.63, 3.8) is 0 Å². The van der Waals surface area contributed by atoms with Gasteiger partial charge in [0.05, 0.1) is 4.47 Å². The molecule has 1 unspecified atom stereocenters. The first-order valence-corrected chi connectivity index (χ1v) is 6.53. The van der Waals surface area contributed by atoms with Crippen LogP contribution in [0.15, 0.2) is 22.7 Å². The third-order valence-corrected chi connectivity index (χ3v) is 3.00. The van der Waals surface area contributed by atoms with Crippen molar-refractivity contribution < 1.29 is 22.7 Å². The first-order valence-electron chi connectivity index (χ1n) is 5.73. The van der Waals surface area contributed by atoms with Gasteiger partial charge in [0, 0.05) is 18.2 Å². The van der Waals surface area contributed by atoms with Crippen LogP contribution in [0.2, 0.25) is 0 Å². The van der Waals surface area contributed by atoms with Gasteiger partial charge in [-0.1, -0.05) is 6.92 Å². The molecule has 0 fully saturated rings. The number of hydrogen-bond acceptors (Lipinski definition) is 3. The molecule has 1 aromatic rings. The molecule has 2 N–H and O–H groups in total. The summed E-state index contributed by atoms with van der Waals surface area (Å²) in [5, 5.41) is 5.48. The van der Waals surface area contributed by atoms with Crippen molar-refractivity contribution >= 4 is 27.5 Å². The minimum atomic E-state index is -4.76. The van der Waals surface area contributed by atoms with Crippen molar-refractivity contribution in [1.29, 1.82) is 0 Å². The zero-order chi connectivity index (χ0) is 15.3. The Kier molecular flexibility index (Phi) is 5.82. The van der Waals surface area contributed by atoms with Crippen LogP contribution < -0.4 is 15.4 Å². The molecule has 0 saturated carbocycles. The molecular formula is C12H14BrF3N2O2. The van der Waals surface area contributed by atoms with Crippen molar-refractivity contribution in [3.05, 3.63) is 22.7 Å². The number of amides is 1. The fourth-order valence-corrected chi connectivity index (χ4v) is 1.91. The van der Waals surface area contributed by atoms with E-state index in [1.165, 1.54) is 12.1 Å². The molecule has 0 saturated heterocycles. The minimum absolute atomic E-state index is 0.105. The number of anilines is 1. The highest BCUT2D eigenvalue weighted by molar-refractivity contribution is 9.10. The van der Waals surface area contributed by atoms with Gasteiger partial charge in [-0.25, -0.2) is 0 Å². The third kappa shape index (κ3) is 5.38. The summed E-state index contributed by atoms with van der Waals surface area (Å²) in [5.41, 5.74) is 0.388. The number of carbonyl (C=O) groups excluding carboxylic acids is 1. The normalized spacial score (nSPS) is 12.9. The molecule has 112 valence electrons. The first-order chi connectivity index (χ1) is 9.23. The second-order valence-corrected chi connectivity index (χ2v) is 5.00. The molecule has 0 aromatic heterocycles. The van der Waals surface area contributed by atoms with Crippen molar-refractivity contribution in [3.8, 4) is 5.75 Å². The van der Waals surface area contributed by atoms with E-state index in [9.17, 15) is 18.0 Å². The lowest BCUT2D eigenvalue weighted by molar-refractivity contribution is -0.274. The zero-order valence-corrected chi connectivity index (χ0v) is 12.4. The molecule has 1 atom stereocenters. The highest BCUT2D eigenvalue weighted by atomic mass is 79.9. The molecule has 20 heavy (non-hydrogen) atoms. The highest BCUT2D eigenvalue weighted by Gasteiger charge is 2.32. The number of ether oxygens (including phenoxy) is 1. The van der Waals surface area contributed by atoms with Crippen LogP contribution in [-0.2, 0) is 4.79 Å². The van der Waals surface area contributed by atoms with Crippen LogP contribution in [0.4, 0.5) is 18.9 Å². The molecule has 1 rings (SSSR count). The number of carbonyl (C=O) groups is 1. The number of rotatable bonds is 5. The predicted molar refractivity (Wildman–Crippen MR) is 72.5 cm³/mol. The highest BCUT2D eigenvalue weighted by Crippen LogP contribution is 2.32. The van der Waals surface area contributed by atoms with Gasteiger partial charge < -0.3 is 15.4 Å². The molecule has 8 heteroatoms. The molecule has 0 heterocycles. The van der Waals surface area contributed by atoms with E-state index in [0.29, 0.717) is 12.2 Å². The maximum absolute atomic E-state index is 12.1. The van der Waals surface area contributed by atoms with Gasteiger partial charge in [-0.3, -0.25) is 4.79 Å². The SMILES string of the molecule is CNCC(C)C(=O)Nc1ccc(OC(F)(F)F)c(Br)c1. The van der Waals surface area contributed by atoms with Crippen LogP contribution in [0.5, 0.6) is 5.75 Å². The Morgan fingerprint density at radius 2 is 2.10 bits per heavy atom. The van der Waals surface area contributed by atoms with Gasteiger partial charge in [0.25, 0.3) is 0 Å². The Morgan fingerprint density at radius 3 is 2.60 bits per heavy atom. The second kappa shape index (κ2) is 6.94. The van der Waals surface area contributed by atoms with Gasteiger partial charge in [-0.15, -0.1) is 13.2 Å². The summed E-state index contributed by atoms with van der Waals surface area (Å²) in [6.07, 6.45) is -4.76. The van der Waals surface area contributed by atoms with E-state index >= 15 is 0 Å². The fourth-order valence-electron chi connectivity index (χ4n) is 1.45. The van der Waals surface area contributed by atoms with Crippen LogP contribution >= 0.6 is 15.9 Å². The maximum atomic E-state index is 12.1. The summed E-state index contributed by atoms with van der Waals surface area (Å²) in [6, 6.07) is 3.83. The lowest BCUT2D eigenvalue weighted by Gasteiger charge is -2.14. The van der Waals surface area contributed by atoms with Gasteiger partial charge >= 0.3 is 6.36 Å². The molecular weight excluding hydrogens is 341 g/mol. The standard InChI is InChI=1S/C12H14BrF3N2O2/c1-7(6-17-2)11(19)18-8-3-4-10(9(13)5-8)20-12(14,15)16/h3-5,7,17H,6H2,1-2H3,(H,18,19). The Bertz CT molecular complexity index is 480. The van der Waals surface area contributed by atoms with Crippen LogP contribution in [0.3, 0.4) is 0 Å².